The predicted octanol–water partition coefficient (Wildman–Crippen LogP) is 3.99. The Labute approximate surface area is 142 Å². The summed E-state index contributed by atoms with van der Waals surface area (Å²) in [6.45, 7) is 3.21. The first-order valence-electron chi connectivity index (χ1n) is 8.65. The molecule has 23 heavy (non-hydrogen) atoms. The molecule has 124 valence electrons. The van der Waals surface area contributed by atoms with Gasteiger partial charge in [0.1, 0.15) is 0 Å². The van der Waals surface area contributed by atoms with E-state index in [4.69, 9.17) is 4.98 Å². The first-order valence-corrected chi connectivity index (χ1v) is 9.64. The highest BCUT2D eigenvalue weighted by atomic mass is 32.2. The smallest absolute Gasteiger partial charge is 0.230 e. The van der Waals surface area contributed by atoms with E-state index in [9.17, 15) is 4.79 Å². The monoisotopic (exact) mass is 331 g/mol. The number of aromatic nitrogens is 2. The third-order valence-corrected chi connectivity index (χ3v) is 5.11. The standard InChI is InChI=1S/C18H25N3OS/c1-2-3-4-7-12-21-16-9-6-5-8-15(16)20-18(21)23-13-17(22)19-14-10-11-14/h5-6,8-9,14H,2-4,7,10-13H2,1H3,(H,19,22). The van der Waals surface area contributed by atoms with E-state index in [2.05, 4.69) is 28.9 Å². The van der Waals surface area contributed by atoms with Gasteiger partial charge in [-0.2, -0.15) is 0 Å². The summed E-state index contributed by atoms with van der Waals surface area (Å²) in [5, 5.41) is 4.01. The maximum Gasteiger partial charge on any atom is 0.230 e. The van der Waals surface area contributed by atoms with Crippen LogP contribution in [0.5, 0.6) is 0 Å². The first-order chi connectivity index (χ1) is 11.3. The summed E-state index contributed by atoms with van der Waals surface area (Å²) in [5.74, 6) is 0.580. The van der Waals surface area contributed by atoms with Crippen molar-refractivity contribution in [2.24, 2.45) is 0 Å². The molecule has 0 bridgehead atoms. The molecule has 1 amide bonds. The van der Waals surface area contributed by atoms with Gasteiger partial charge in [0.05, 0.1) is 16.8 Å². The minimum absolute atomic E-state index is 0.127. The predicted molar refractivity (Wildman–Crippen MR) is 95.8 cm³/mol. The molecular weight excluding hydrogens is 306 g/mol. The SMILES string of the molecule is CCCCCCn1c(SCC(=O)NC2CC2)nc2ccccc21. The zero-order chi connectivity index (χ0) is 16.1. The lowest BCUT2D eigenvalue weighted by atomic mass is 10.2. The number of amides is 1. The second-order valence-electron chi connectivity index (χ2n) is 6.23. The fraction of sp³-hybridized carbons (Fsp3) is 0.556. The fourth-order valence-electron chi connectivity index (χ4n) is 2.70. The topological polar surface area (TPSA) is 46.9 Å². The summed E-state index contributed by atoms with van der Waals surface area (Å²) in [7, 11) is 0. The van der Waals surface area contributed by atoms with Crippen molar-refractivity contribution in [3.63, 3.8) is 0 Å². The van der Waals surface area contributed by atoms with Gasteiger partial charge in [0.2, 0.25) is 5.91 Å². The summed E-state index contributed by atoms with van der Waals surface area (Å²) in [6.07, 6.45) is 7.19. The molecular formula is C18H25N3OS. The molecule has 1 aliphatic carbocycles. The summed E-state index contributed by atoms with van der Waals surface area (Å²) >= 11 is 1.55. The number of unbranched alkanes of at least 4 members (excludes halogenated alkanes) is 3. The van der Waals surface area contributed by atoms with Gasteiger partial charge in [-0.25, -0.2) is 4.98 Å². The van der Waals surface area contributed by atoms with Gasteiger partial charge in [-0.1, -0.05) is 50.1 Å². The molecule has 1 aliphatic rings. The van der Waals surface area contributed by atoms with Crippen molar-refractivity contribution in [3.05, 3.63) is 24.3 Å². The Hall–Kier alpha value is -1.49. The Kier molecular flexibility index (Phi) is 5.60. The number of nitrogens with zero attached hydrogens (tertiary/aromatic N) is 2. The zero-order valence-corrected chi connectivity index (χ0v) is 14.6. The number of rotatable bonds is 9. The van der Waals surface area contributed by atoms with Crippen molar-refractivity contribution in [1.29, 1.82) is 0 Å². The van der Waals surface area contributed by atoms with E-state index in [-0.39, 0.29) is 5.91 Å². The Morgan fingerprint density at radius 3 is 2.91 bits per heavy atom. The Morgan fingerprint density at radius 2 is 2.13 bits per heavy atom. The second kappa shape index (κ2) is 7.86. The van der Waals surface area contributed by atoms with E-state index in [1.165, 1.54) is 24.8 Å². The van der Waals surface area contributed by atoms with Crippen molar-refractivity contribution in [2.75, 3.05) is 5.75 Å². The highest BCUT2D eigenvalue weighted by molar-refractivity contribution is 7.99. The van der Waals surface area contributed by atoms with Gasteiger partial charge in [0, 0.05) is 12.6 Å². The molecule has 0 saturated heterocycles. The van der Waals surface area contributed by atoms with Crippen molar-refractivity contribution >= 4 is 28.7 Å². The van der Waals surface area contributed by atoms with Crippen LogP contribution < -0.4 is 5.32 Å². The van der Waals surface area contributed by atoms with Gasteiger partial charge in [-0.15, -0.1) is 0 Å². The average molecular weight is 331 g/mol. The van der Waals surface area contributed by atoms with Crippen LogP contribution in [0.25, 0.3) is 11.0 Å². The minimum atomic E-state index is 0.127. The Bertz CT molecular complexity index is 663. The Balaban J connectivity index is 1.67. The van der Waals surface area contributed by atoms with E-state index in [0.717, 1.165) is 36.5 Å². The average Bonchev–Trinajstić information content (AvgIpc) is 3.29. The number of hydrogen-bond acceptors (Lipinski definition) is 3. The molecule has 1 aromatic heterocycles. The molecule has 0 radical (unpaired) electrons. The van der Waals surface area contributed by atoms with Crippen LogP contribution in [0.2, 0.25) is 0 Å². The number of carbonyl (C=O) groups excluding carboxylic acids is 1. The third kappa shape index (κ3) is 4.50. The van der Waals surface area contributed by atoms with Crippen LogP contribution in [-0.2, 0) is 11.3 Å². The Morgan fingerprint density at radius 1 is 1.30 bits per heavy atom. The summed E-state index contributed by atoms with van der Waals surface area (Å²) in [6, 6.07) is 8.67. The van der Waals surface area contributed by atoms with E-state index in [0.29, 0.717) is 11.8 Å². The normalized spacial score (nSPS) is 14.3. The van der Waals surface area contributed by atoms with Crippen molar-refractivity contribution in [1.82, 2.24) is 14.9 Å². The second-order valence-corrected chi connectivity index (χ2v) is 7.17. The molecule has 0 unspecified atom stereocenters. The summed E-state index contributed by atoms with van der Waals surface area (Å²) < 4.78 is 2.28. The van der Waals surface area contributed by atoms with Crippen molar-refractivity contribution in [3.8, 4) is 0 Å². The van der Waals surface area contributed by atoms with E-state index >= 15 is 0 Å². The molecule has 3 rings (SSSR count). The number of aryl methyl sites for hydroxylation is 1. The molecule has 5 heteroatoms. The molecule has 1 heterocycles. The summed E-state index contributed by atoms with van der Waals surface area (Å²) in [4.78, 5) is 16.6. The lowest BCUT2D eigenvalue weighted by molar-refractivity contribution is -0.118. The maximum absolute atomic E-state index is 11.9. The zero-order valence-electron chi connectivity index (χ0n) is 13.8. The molecule has 4 nitrogen and oxygen atoms in total. The van der Waals surface area contributed by atoms with Gasteiger partial charge >= 0.3 is 0 Å². The van der Waals surface area contributed by atoms with E-state index in [1.54, 1.807) is 11.8 Å². The van der Waals surface area contributed by atoms with Gasteiger partial charge in [-0.05, 0) is 31.4 Å². The molecule has 1 aromatic carbocycles. The fourth-order valence-corrected chi connectivity index (χ4v) is 3.56. The number of para-hydroxylation sites is 2. The van der Waals surface area contributed by atoms with Crippen molar-refractivity contribution < 1.29 is 4.79 Å². The number of nitrogens with one attached hydrogen (secondary N) is 1. The number of imidazole rings is 1. The molecule has 0 atom stereocenters. The van der Waals surface area contributed by atoms with E-state index in [1.807, 2.05) is 12.1 Å². The van der Waals surface area contributed by atoms with Crippen molar-refractivity contribution in [2.45, 2.75) is 63.2 Å². The van der Waals surface area contributed by atoms with Gasteiger partial charge in [0.25, 0.3) is 0 Å². The molecule has 0 spiro atoms. The maximum atomic E-state index is 11.9. The van der Waals surface area contributed by atoms with Crippen LogP contribution in [0.3, 0.4) is 0 Å². The number of thioether (sulfide) groups is 1. The van der Waals surface area contributed by atoms with Crippen LogP contribution in [-0.4, -0.2) is 27.3 Å². The van der Waals surface area contributed by atoms with Gasteiger partial charge in [0.15, 0.2) is 5.16 Å². The number of benzene rings is 1. The van der Waals surface area contributed by atoms with Crippen LogP contribution in [0, 0.1) is 0 Å². The molecule has 2 aromatic rings. The highest BCUT2D eigenvalue weighted by Gasteiger charge is 2.23. The number of hydrogen-bond donors (Lipinski definition) is 1. The van der Waals surface area contributed by atoms with E-state index < -0.39 is 0 Å². The first kappa shape index (κ1) is 16.4. The van der Waals surface area contributed by atoms with Crippen LogP contribution in [0.4, 0.5) is 0 Å². The lowest BCUT2D eigenvalue weighted by Crippen LogP contribution is -2.27. The number of carbonyl (C=O) groups is 1. The molecule has 1 N–H and O–H groups in total. The lowest BCUT2D eigenvalue weighted by Gasteiger charge is -2.09. The van der Waals surface area contributed by atoms with Crippen LogP contribution in [0.1, 0.15) is 45.4 Å². The van der Waals surface area contributed by atoms with Gasteiger partial charge < -0.3 is 9.88 Å². The summed E-state index contributed by atoms with van der Waals surface area (Å²) in [5.41, 5.74) is 2.20. The number of fused-ring (bicyclic) bond motifs is 1. The van der Waals surface area contributed by atoms with Crippen LogP contribution >= 0.6 is 11.8 Å². The minimum Gasteiger partial charge on any atom is -0.353 e. The molecule has 0 aliphatic heterocycles. The largest absolute Gasteiger partial charge is 0.353 e. The third-order valence-electron chi connectivity index (χ3n) is 4.13. The molecule has 1 fully saturated rings. The van der Waals surface area contributed by atoms with Gasteiger partial charge in [-0.3, -0.25) is 4.79 Å². The quantitative estimate of drug-likeness (QED) is 0.558. The van der Waals surface area contributed by atoms with Crippen LogP contribution in [0.15, 0.2) is 29.4 Å². The molecule has 1 saturated carbocycles. The highest BCUT2D eigenvalue weighted by Crippen LogP contribution is 2.25.